The van der Waals surface area contributed by atoms with Gasteiger partial charge in [-0.15, -0.1) is 11.8 Å². The lowest BCUT2D eigenvalue weighted by atomic mass is 10.2. The highest BCUT2D eigenvalue weighted by Crippen LogP contribution is 2.19. The summed E-state index contributed by atoms with van der Waals surface area (Å²) in [6.45, 7) is 1.34. The zero-order valence-corrected chi connectivity index (χ0v) is 17.6. The molecule has 0 saturated heterocycles. The van der Waals surface area contributed by atoms with E-state index < -0.39 is 0 Å². The summed E-state index contributed by atoms with van der Waals surface area (Å²) >= 11 is 7.60. The number of methoxy groups -OCH3 is 1. The van der Waals surface area contributed by atoms with E-state index in [0.29, 0.717) is 12.5 Å². The van der Waals surface area contributed by atoms with Crippen LogP contribution in [0.4, 0.5) is 0 Å². The van der Waals surface area contributed by atoms with Gasteiger partial charge >= 0.3 is 0 Å². The van der Waals surface area contributed by atoms with E-state index in [1.54, 1.807) is 25.9 Å². The topological polar surface area (TPSA) is 74.8 Å². The average Bonchev–Trinajstić information content (AvgIpc) is 2.73. The zero-order chi connectivity index (χ0) is 20.2. The molecule has 0 radical (unpaired) electrons. The van der Waals surface area contributed by atoms with Crippen LogP contribution >= 0.6 is 23.4 Å². The summed E-state index contributed by atoms with van der Waals surface area (Å²) in [4.78, 5) is 17.3. The van der Waals surface area contributed by atoms with Gasteiger partial charge in [-0.3, -0.25) is 9.79 Å². The molecule has 0 bridgehead atoms. The number of carbonyl (C=O) groups excluding carboxylic acids is 1. The van der Waals surface area contributed by atoms with Crippen molar-refractivity contribution in [3.05, 3.63) is 59.1 Å². The Morgan fingerprint density at radius 2 is 1.79 bits per heavy atom. The van der Waals surface area contributed by atoms with Crippen LogP contribution < -0.4 is 20.7 Å². The molecular formula is C20H25ClN4O2S. The van der Waals surface area contributed by atoms with Crippen molar-refractivity contribution >= 4 is 35.2 Å². The number of rotatable bonds is 9. The molecule has 0 aliphatic rings. The van der Waals surface area contributed by atoms with Crippen molar-refractivity contribution in [1.29, 1.82) is 0 Å². The molecule has 3 N–H and O–H groups in total. The third-order valence-corrected chi connectivity index (χ3v) is 5.03. The van der Waals surface area contributed by atoms with Crippen molar-refractivity contribution in [2.75, 3.05) is 33.0 Å². The van der Waals surface area contributed by atoms with Gasteiger partial charge in [0.15, 0.2) is 5.96 Å². The van der Waals surface area contributed by atoms with Crippen molar-refractivity contribution in [1.82, 2.24) is 16.0 Å². The van der Waals surface area contributed by atoms with Gasteiger partial charge in [0, 0.05) is 35.8 Å². The molecular weight excluding hydrogens is 396 g/mol. The molecule has 0 aliphatic carbocycles. The van der Waals surface area contributed by atoms with Gasteiger partial charge in [0.05, 0.1) is 13.7 Å². The molecule has 0 aliphatic heterocycles. The molecule has 150 valence electrons. The molecule has 2 rings (SSSR count). The molecule has 8 heteroatoms. The summed E-state index contributed by atoms with van der Waals surface area (Å²) < 4.78 is 5.12. The quantitative estimate of drug-likeness (QED) is 0.252. The summed E-state index contributed by atoms with van der Waals surface area (Å²) in [5.41, 5.74) is 1.01. The lowest BCUT2D eigenvalue weighted by Crippen LogP contribution is -2.43. The van der Waals surface area contributed by atoms with Gasteiger partial charge in [-0.2, -0.15) is 0 Å². The van der Waals surface area contributed by atoms with Crippen LogP contribution in [0.1, 0.15) is 5.56 Å². The average molecular weight is 421 g/mol. The highest BCUT2D eigenvalue weighted by atomic mass is 35.5. The highest BCUT2D eigenvalue weighted by Gasteiger charge is 2.04. The van der Waals surface area contributed by atoms with Crippen LogP contribution in [0.25, 0.3) is 0 Å². The van der Waals surface area contributed by atoms with Gasteiger partial charge in [-0.05, 0) is 42.0 Å². The van der Waals surface area contributed by atoms with Gasteiger partial charge in [0.2, 0.25) is 5.91 Å². The molecule has 28 heavy (non-hydrogen) atoms. The first kappa shape index (κ1) is 21.9. The minimum absolute atomic E-state index is 0.102. The molecule has 0 unspecified atom stereocenters. The molecule has 0 fully saturated rings. The fourth-order valence-electron chi connectivity index (χ4n) is 2.26. The normalized spacial score (nSPS) is 11.0. The monoisotopic (exact) mass is 420 g/mol. The molecule has 0 spiro atoms. The smallest absolute Gasteiger partial charge is 0.239 e. The number of guanidine groups is 1. The largest absolute Gasteiger partial charge is 0.497 e. The van der Waals surface area contributed by atoms with E-state index in [4.69, 9.17) is 16.3 Å². The highest BCUT2D eigenvalue weighted by molar-refractivity contribution is 7.99. The van der Waals surface area contributed by atoms with Crippen molar-refractivity contribution < 1.29 is 9.53 Å². The Bertz CT molecular complexity index is 767. The van der Waals surface area contributed by atoms with Crippen molar-refractivity contribution in [3.63, 3.8) is 0 Å². The van der Waals surface area contributed by atoms with Gasteiger partial charge in [0.1, 0.15) is 5.75 Å². The number of nitrogens with one attached hydrogen (secondary N) is 3. The number of hydrogen-bond donors (Lipinski definition) is 3. The minimum atomic E-state index is -0.102. The fraction of sp³-hybridized carbons (Fsp3) is 0.300. The van der Waals surface area contributed by atoms with E-state index in [-0.39, 0.29) is 12.5 Å². The summed E-state index contributed by atoms with van der Waals surface area (Å²) in [6.07, 6.45) is 0. The maximum atomic E-state index is 12.0. The van der Waals surface area contributed by atoms with E-state index in [0.717, 1.165) is 33.5 Å². The van der Waals surface area contributed by atoms with Crippen LogP contribution in [0, 0.1) is 0 Å². The number of hydrogen-bond acceptors (Lipinski definition) is 4. The van der Waals surface area contributed by atoms with Gasteiger partial charge in [-0.25, -0.2) is 0 Å². The Morgan fingerprint density at radius 3 is 2.43 bits per heavy atom. The lowest BCUT2D eigenvalue weighted by Gasteiger charge is -2.12. The second-order valence-electron chi connectivity index (χ2n) is 5.78. The molecule has 0 saturated carbocycles. The van der Waals surface area contributed by atoms with Crippen LogP contribution in [-0.2, 0) is 11.3 Å². The van der Waals surface area contributed by atoms with Crippen LogP contribution in [0.5, 0.6) is 5.75 Å². The summed E-state index contributed by atoms with van der Waals surface area (Å²) in [5.74, 6) is 2.15. The predicted octanol–water partition coefficient (Wildman–Crippen LogP) is 2.92. The zero-order valence-electron chi connectivity index (χ0n) is 16.0. The van der Waals surface area contributed by atoms with E-state index in [2.05, 4.69) is 20.9 Å². The molecule has 0 heterocycles. The van der Waals surface area contributed by atoms with E-state index in [9.17, 15) is 4.79 Å². The number of carbonyl (C=O) groups is 1. The predicted molar refractivity (Wildman–Crippen MR) is 116 cm³/mol. The molecule has 2 aromatic rings. The number of ether oxygens (including phenoxy) is 1. The Morgan fingerprint density at radius 1 is 1.07 bits per heavy atom. The molecule has 6 nitrogen and oxygen atoms in total. The van der Waals surface area contributed by atoms with E-state index in [1.807, 2.05) is 48.5 Å². The summed E-state index contributed by atoms with van der Waals surface area (Å²) in [5, 5.41) is 9.80. The van der Waals surface area contributed by atoms with Crippen LogP contribution in [-0.4, -0.2) is 44.9 Å². The summed E-state index contributed by atoms with van der Waals surface area (Å²) in [7, 11) is 3.30. The van der Waals surface area contributed by atoms with E-state index in [1.165, 1.54) is 0 Å². The number of thioether (sulfide) groups is 1. The first-order chi connectivity index (χ1) is 13.6. The second-order valence-corrected chi connectivity index (χ2v) is 7.38. The molecule has 0 aromatic heterocycles. The third kappa shape index (κ3) is 8.10. The standard InChI is InChI=1S/C20H25ClN4O2S/c1-22-20(23-11-12-28-18-9-5-16(21)6-10-18)25-14-19(26)24-13-15-3-7-17(27-2)8-4-15/h3-10H,11-14H2,1-2H3,(H,24,26)(H2,22,23,25). The molecule has 0 atom stereocenters. The first-order valence-electron chi connectivity index (χ1n) is 8.83. The first-order valence-corrected chi connectivity index (χ1v) is 10.2. The number of aliphatic imine (C=N–C) groups is 1. The molecule has 1 amide bonds. The van der Waals surface area contributed by atoms with Gasteiger partial charge in [-0.1, -0.05) is 23.7 Å². The Balaban J connectivity index is 1.62. The Hall–Kier alpha value is -2.38. The number of nitrogens with zero attached hydrogens (tertiary/aromatic N) is 1. The Kier molecular flexibility index (Phi) is 9.51. The maximum absolute atomic E-state index is 12.0. The second kappa shape index (κ2) is 12.2. The van der Waals surface area contributed by atoms with Crippen molar-refractivity contribution in [3.8, 4) is 5.75 Å². The maximum Gasteiger partial charge on any atom is 0.239 e. The van der Waals surface area contributed by atoms with E-state index >= 15 is 0 Å². The Labute approximate surface area is 175 Å². The van der Waals surface area contributed by atoms with Crippen LogP contribution in [0.3, 0.4) is 0 Å². The SMILES string of the molecule is CN=C(NCCSc1ccc(Cl)cc1)NCC(=O)NCc1ccc(OC)cc1. The van der Waals surface area contributed by atoms with Gasteiger partial charge in [0.25, 0.3) is 0 Å². The summed E-state index contributed by atoms with van der Waals surface area (Å²) in [6, 6.07) is 15.3. The number of halogens is 1. The minimum Gasteiger partial charge on any atom is -0.497 e. The van der Waals surface area contributed by atoms with Crippen LogP contribution in [0.15, 0.2) is 58.4 Å². The number of amides is 1. The lowest BCUT2D eigenvalue weighted by molar-refractivity contribution is -0.120. The fourth-order valence-corrected chi connectivity index (χ4v) is 3.15. The third-order valence-electron chi connectivity index (χ3n) is 3.77. The van der Waals surface area contributed by atoms with Crippen LogP contribution in [0.2, 0.25) is 5.02 Å². The van der Waals surface area contributed by atoms with Crippen molar-refractivity contribution in [2.24, 2.45) is 4.99 Å². The van der Waals surface area contributed by atoms with Crippen molar-refractivity contribution in [2.45, 2.75) is 11.4 Å². The molecule has 2 aromatic carbocycles. The number of benzene rings is 2. The van der Waals surface area contributed by atoms with Gasteiger partial charge < -0.3 is 20.7 Å².